The van der Waals surface area contributed by atoms with Crippen LogP contribution in [0.15, 0.2) is 0 Å². The third kappa shape index (κ3) is 7.88. The Balaban J connectivity index is 0.000000148. The van der Waals surface area contributed by atoms with Gasteiger partial charge in [-0.2, -0.15) is 0 Å². The number of rotatable bonds is 0. The van der Waals surface area contributed by atoms with Gasteiger partial charge < -0.3 is 16.0 Å². The summed E-state index contributed by atoms with van der Waals surface area (Å²) in [6.45, 7) is 2.03. The van der Waals surface area contributed by atoms with Crippen LogP contribution in [0, 0.1) is 0 Å². The van der Waals surface area contributed by atoms with Crippen LogP contribution in [-0.4, -0.2) is 45.2 Å². The van der Waals surface area contributed by atoms with Crippen LogP contribution in [-0.2, 0) is 0 Å². The third-order valence-electron chi connectivity index (χ3n) is 0.813. The number of hydrogen-bond donors (Lipinski definition) is 2. The first-order valence-electron chi connectivity index (χ1n) is 3.20. The maximum absolute atomic E-state index is 5.32. The molecule has 0 aliphatic carbocycles. The molecule has 0 atom stereocenters. The molecule has 1 heterocycles. The van der Waals surface area contributed by atoms with Crippen molar-refractivity contribution in [2.45, 2.75) is 6.04 Å². The van der Waals surface area contributed by atoms with E-state index in [9.17, 15) is 0 Å². The summed E-state index contributed by atoms with van der Waals surface area (Å²) in [6.07, 6.45) is 0. The molecule has 56 valence electrons. The molecule has 1 fully saturated rings. The van der Waals surface area contributed by atoms with Crippen molar-refractivity contribution in [3.63, 3.8) is 0 Å². The third-order valence-corrected chi connectivity index (χ3v) is 0.813. The summed E-state index contributed by atoms with van der Waals surface area (Å²) < 4.78 is 0. The van der Waals surface area contributed by atoms with Crippen LogP contribution in [0.25, 0.3) is 0 Å². The Hall–Kier alpha value is -0.120. The molecule has 3 nitrogen and oxygen atoms in total. The standard InChI is InChI=1S/C3H8N2.C3H9N/c4-3-1-5-2-3;1-4(2)3/h3,5H,1-2,4H2;1-3H3. The van der Waals surface area contributed by atoms with Gasteiger partial charge in [-0.25, -0.2) is 0 Å². The lowest BCUT2D eigenvalue weighted by atomic mass is 10.2. The number of hydrogen-bond acceptors (Lipinski definition) is 3. The van der Waals surface area contributed by atoms with E-state index in [2.05, 4.69) is 5.32 Å². The predicted octanol–water partition coefficient (Wildman–Crippen LogP) is -0.905. The highest BCUT2D eigenvalue weighted by Crippen LogP contribution is 1.80. The molecular weight excluding hydrogens is 114 g/mol. The zero-order valence-electron chi connectivity index (χ0n) is 6.52. The number of nitrogens with zero attached hydrogens (tertiary/aromatic N) is 1. The molecule has 0 unspecified atom stereocenters. The van der Waals surface area contributed by atoms with Gasteiger partial charge in [-0.3, -0.25) is 0 Å². The molecular formula is C6H17N3. The smallest absolute Gasteiger partial charge is 0.0292 e. The van der Waals surface area contributed by atoms with Crippen LogP contribution in [0.1, 0.15) is 0 Å². The summed E-state index contributed by atoms with van der Waals surface area (Å²) in [7, 11) is 6.00. The maximum Gasteiger partial charge on any atom is 0.0292 e. The van der Waals surface area contributed by atoms with E-state index in [-0.39, 0.29) is 0 Å². The fourth-order valence-corrected chi connectivity index (χ4v) is 0.311. The lowest BCUT2D eigenvalue weighted by molar-refractivity contribution is 0.445. The zero-order chi connectivity index (χ0) is 7.28. The molecule has 0 spiro atoms. The van der Waals surface area contributed by atoms with E-state index in [1.165, 1.54) is 0 Å². The number of nitrogens with one attached hydrogen (secondary N) is 1. The van der Waals surface area contributed by atoms with Crippen LogP contribution in [0.2, 0.25) is 0 Å². The van der Waals surface area contributed by atoms with E-state index in [4.69, 9.17) is 5.73 Å². The van der Waals surface area contributed by atoms with Gasteiger partial charge in [-0.05, 0) is 21.1 Å². The second-order valence-corrected chi connectivity index (χ2v) is 2.76. The van der Waals surface area contributed by atoms with Crippen molar-refractivity contribution < 1.29 is 0 Å². The maximum atomic E-state index is 5.32. The van der Waals surface area contributed by atoms with Crippen molar-refractivity contribution in [2.24, 2.45) is 5.73 Å². The highest BCUT2D eigenvalue weighted by atomic mass is 15.0. The quantitative estimate of drug-likeness (QED) is 0.447. The van der Waals surface area contributed by atoms with Crippen LogP contribution in [0.3, 0.4) is 0 Å². The summed E-state index contributed by atoms with van der Waals surface area (Å²) in [5.41, 5.74) is 5.32. The van der Waals surface area contributed by atoms with Crippen molar-refractivity contribution in [1.82, 2.24) is 10.2 Å². The Labute approximate surface area is 57.2 Å². The van der Waals surface area contributed by atoms with E-state index in [1.54, 1.807) is 0 Å². The van der Waals surface area contributed by atoms with Crippen molar-refractivity contribution >= 4 is 0 Å². The molecule has 3 heteroatoms. The average molecular weight is 131 g/mol. The van der Waals surface area contributed by atoms with Crippen LogP contribution >= 0.6 is 0 Å². The fraction of sp³-hybridized carbons (Fsp3) is 1.00. The number of nitrogens with two attached hydrogens (primary N) is 1. The van der Waals surface area contributed by atoms with Gasteiger partial charge >= 0.3 is 0 Å². The van der Waals surface area contributed by atoms with Crippen LogP contribution in [0.4, 0.5) is 0 Å². The first-order chi connectivity index (χ1) is 4.13. The topological polar surface area (TPSA) is 41.3 Å². The monoisotopic (exact) mass is 131 g/mol. The predicted molar refractivity (Wildman–Crippen MR) is 40.5 cm³/mol. The lowest BCUT2D eigenvalue weighted by Crippen LogP contribution is -2.52. The summed E-state index contributed by atoms with van der Waals surface area (Å²) in [5.74, 6) is 0. The van der Waals surface area contributed by atoms with E-state index < -0.39 is 0 Å². The van der Waals surface area contributed by atoms with Gasteiger partial charge in [0.05, 0.1) is 0 Å². The highest BCUT2D eigenvalue weighted by molar-refractivity contribution is 4.76. The first kappa shape index (κ1) is 8.88. The Morgan fingerprint density at radius 1 is 1.33 bits per heavy atom. The van der Waals surface area contributed by atoms with Crippen molar-refractivity contribution in [3.8, 4) is 0 Å². The van der Waals surface area contributed by atoms with Gasteiger partial charge in [0, 0.05) is 19.1 Å². The molecule has 0 radical (unpaired) electrons. The molecule has 3 N–H and O–H groups in total. The minimum Gasteiger partial charge on any atom is -0.326 e. The minimum atomic E-state index is 0.454. The Kier molecular flexibility index (Phi) is 4.67. The molecule has 1 saturated heterocycles. The highest BCUT2D eigenvalue weighted by Gasteiger charge is 2.08. The molecule has 9 heavy (non-hydrogen) atoms. The zero-order valence-corrected chi connectivity index (χ0v) is 6.52. The molecule has 0 aromatic rings. The summed E-state index contributed by atoms with van der Waals surface area (Å²) in [4.78, 5) is 2.00. The van der Waals surface area contributed by atoms with Crippen LogP contribution in [0.5, 0.6) is 0 Å². The molecule has 0 amide bonds. The van der Waals surface area contributed by atoms with Gasteiger partial charge in [0.1, 0.15) is 0 Å². The Bertz CT molecular complexity index is 56.6. The fourth-order valence-electron chi connectivity index (χ4n) is 0.311. The minimum absolute atomic E-state index is 0.454. The Morgan fingerprint density at radius 3 is 1.56 bits per heavy atom. The van der Waals surface area contributed by atoms with E-state index in [0.29, 0.717) is 6.04 Å². The van der Waals surface area contributed by atoms with Gasteiger partial charge in [0.2, 0.25) is 0 Å². The second-order valence-electron chi connectivity index (χ2n) is 2.76. The van der Waals surface area contributed by atoms with Crippen molar-refractivity contribution in [1.29, 1.82) is 0 Å². The summed E-state index contributed by atoms with van der Waals surface area (Å²) in [6, 6.07) is 0.454. The lowest BCUT2D eigenvalue weighted by Gasteiger charge is -2.21. The summed E-state index contributed by atoms with van der Waals surface area (Å²) in [5, 5.41) is 3.04. The van der Waals surface area contributed by atoms with E-state index in [0.717, 1.165) is 13.1 Å². The van der Waals surface area contributed by atoms with E-state index >= 15 is 0 Å². The normalized spacial score (nSPS) is 18.3. The largest absolute Gasteiger partial charge is 0.326 e. The molecule has 1 rings (SSSR count). The van der Waals surface area contributed by atoms with Gasteiger partial charge in [-0.1, -0.05) is 0 Å². The molecule has 0 aromatic carbocycles. The van der Waals surface area contributed by atoms with Gasteiger partial charge in [0.15, 0.2) is 0 Å². The molecule has 0 aromatic heterocycles. The Morgan fingerprint density at radius 2 is 1.56 bits per heavy atom. The van der Waals surface area contributed by atoms with E-state index in [1.807, 2.05) is 26.0 Å². The van der Waals surface area contributed by atoms with Crippen molar-refractivity contribution in [3.05, 3.63) is 0 Å². The molecule has 1 aliphatic rings. The molecule has 0 saturated carbocycles. The van der Waals surface area contributed by atoms with Gasteiger partial charge in [-0.15, -0.1) is 0 Å². The molecule has 0 bridgehead atoms. The summed E-state index contributed by atoms with van der Waals surface area (Å²) >= 11 is 0. The first-order valence-corrected chi connectivity index (χ1v) is 3.20. The second kappa shape index (κ2) is 4.73. The molecule has 1 aliphatic heterocycles. The van der Waals surface area contributed by atoms with Gasteiger partial charge in [0.25, 0.3) is 0 Å². The SMILES string of the molecule is CN(C)C.NC1CNC1. The van der Waals surface area contributed by atoms with Crippen molar-refractivity contribution in [2.75, 3.05) is 34.2 Å². The average Bonchev–Trinajstić information content (AvgIpc) is 1.59. The van der Waals surface area contributed by atoms with Crippen LogP contribution < -0.4 is 11.1 Å².